The van der Waals surface area contributed by atoms with E-state index in [9.17, 15) is 4.79 Å². The minimum atomic E-state index is -0.117. The van der Waals surface area contributed by atoms with Crippen LogP contribution in [0.1, 0.15) is 22.6 Å². The highest BCUT2D eigenvalue weighted by molar-refractivity contribution is 5.94. The van der Waals surface area contributed by atoms with Crippen molar-refractivity contribution >= 4 is 5.91 Å². The fraction of sp³-hybridized carbons (Fsp3) is 0.222. The van der Waals surface area contributed by atoms with Gasteiger partial charge in [0, 0.05) is 30.4 Å². The smallest absolute Gasteiger partial charge is 0.251 e. The summed E-state index contributed by atoms with van der Waals surface area (Å²) in [6.45, 7) is 0.647. The summed E-state index contributed by atoms with van der Waals surface area (Å²) in [6.07, 6.45) is 6.55. The van der Waals surface area contributed by atoms with Crippen molar-refractivity contribution in [2.24, 2.45) is 0 Å². The van der Waals surface area contributed by atoms with E-state index in [2.05, 4.69) is 20.4 Å². The van der Waals surface area contributed by atoms with Crippen LogP contribution in [-0.2, 0) is 13.0 Å². The van der Waals surface area contributed by atoms with E-state index in [0.717, 1.165) is 18.7 Å². The SMILES string of the molecule is O=C(NC1CCc2ncnn2C1)c1cccc(Oc2ccncc2)c1. The van der Waals surface area contributed by atoms with E-state index in [4.69, 9.17) is 4.74 Å². The lowest BCUT2D eigenvalue weighted by Gasteiger charge is -2.23. The summed E-state index contributed by atoms with van der Waals surface area (Å²) >= 11 is 0. The van der Waals surface area contributed by atoms with Crippen LogP contribution in [0.2, 0.25) is 0 Å². The number of carbonyl (C=O) groups excluding carboxylic acids is 1. The number of carbonyl (C=O) groups is 1. The monoisotopic (exact) mass is 335 g/mol. The van der Waals surface area contributed by atoms with Crippen LogP contribution in [0.4, 0.5) is 0 Å². The number of hydrogen-bond acceptors (Lipinski definition) is 5. The van der Waals surface area contributed by atoms with Crippen molar-refractivity contribution in [3.8, 4) is 11.5 Å². The van der Waals surface area contributed by atoms with Crippen LogP contribution >= 0.6 is 0 Å². The van der Waals surface area contributed by atoms with E-state index in [1.165, 1.54) is 0 Å². The van der Waals surface area contributed by atoms with Crippen molar-refractivity contribution in [3.05, 3.63) is 66.5 Å². The summed E-state index contributed by atoms with van der Waals surface area (Å²) < 4.78 is 7.60. The number of nitrogens with one attached hydrogen (secondary N) is 1. The first-order valence-corrected chi connectivity index (χ1v) is 8.13. The minimum Gasteiger partial charge on any atom is -0.457 e. The van der Waals surface area contributed by atoms with E-state index in [1.807, 2.05) is 16.8 Å². The van der Waals surface area contributed by atoms with Gasteiger partial charge in [-0.05, 0) is 36.8 Å². The van der Waals surface area contributed by atoms with Crippen LogP contribution in [0.3, 0.4) is 0 Å². The topological polar surface area (TPSA) is 81.9 Å². The normalized spacial score (nSPS) is 16.1. The third-order valence-corrected chi connectivity index (χ3v) is 4.12. The highest BCUT2D eigenvalue weighted by atomic mass is 16.5. The average Bonchev–Trinajstić information content (AvgIpc) is 3.10. The van der Waals surface area contributed by atoms with Gasteiger partial charge in [-0.2, -0.15) is 5.10 Å². The Hall–Kier alpha value is -3.22. The Morgan fingerprint density at radius 2 is 2.08 bits per heavy atom. The van der Waals surface area contributed by atoms with Gasteiger partial charge in [0.2, 0.25) is 0 Å². The van der Waals surface area contributed by atoms with Crippen LogP contribution in [0.5, 0.6) is 11.5 Å². The molecule has 1 aromatic carbocycles. The number of ether oxygens (including phenoxy) is 1. The largest absolute Gasteiger partial charge is 0.457 e. The first kappa shape index (κ1) is 15.3. The molecule has 1 aliphatic heterocycles. The van der Waals surface area contributed by atoms with E-state index in [1.54, 1.807) is 43.0 Å². The summed E-state index contributed by atoms with van der Waals surface area (Å²) in [5, 5.41) is 7.24. The Balaban J connectivity index is 1.43. The first-order chi connectivity index (χ1) is 12.3. The number of amides is 1. The zero-order valence-electron chi connectivity index (χ0n) is 13.5. The quantitative estimate of drug-likeness (QED) is 0.790. The number of hydrogen-bond donors (Lipinski definition) is 1. The number of nitrogens with zero attached hydrogens (tertiary/aromatic N) is 4. The van der Waals surface area contributed by atoms with Gasteiger partial charge < -0.3 is 10.1 Å². The predicted octanol–water partition coefficient (Wildman–Crippen LogP) is 2.21. The molecule has 1 N–H and O–H groups in total. The highest BCUT2D eigenvalue weighted by Crippen LogP contribution is 2.21. The second-order valence-electron chi connectivity index (χ2n) is 5.88. The number of fused-ring (bicyclic) bond motifs is 1. The van der Waals surface area contributed by atoms with Crippen LogP contribution in [0.25, 0.3) is 0 Å². The molecule has 2 aromatic heterocycles. The number of aryl methyl sites for hydroxylation is 1. The van der Waals surface area contributed by atoms with Crippen LogP contribution < -0.4 is 10.1 Å². The zero-order chi connectivity index (χ0) is 17.1. The second-order valence-corrected chi connectivity index (χ2v) is 5.88. The van der Waals surface area contributed by atoms with Gasteiger partial charge in [-0.25, -0.2) is 9.67 Å². The first-order valence-electron chi connectivity index (χ1n) is 8.13. The highest BCUT2D eigenvalue weighted by Gasteiger charge is 2.21. The number of pyridine rings is 1. The lowest BCUT2D eigenvalue weighted by atomic mass is 10.1. The molecule has 4 rings (SSSR count). The van der Waals surface area contributed by atoms with E-state index in [0.29, 0.717) is 23.6 Å². The molecule has 1 amide bonds. The van der Waals surface area contributed by atoms with Crippen molar-refractivity contribution < 1.29 is 9.53 Å². The molecule has 0 aliphatic carbocycles. The average molecular weight is 335 g/mol. The molecule has 0 saturated heterocycles. The molecule has 0 spiro atoms. The number of aromatic nitrogens is 4. The number of benzene rings is 1. The van der Waals surface area contributed by atoms with Gasteiger partial charge in [-0.3, -0.25) is 9.78 Å². The van der Waals surface area contributed by atoms with Crippen molar-refractivity contribution in [1.82, 2.24) is 25.1 Å². The minimum absolute atomic E-state index is 0.0477. The van der Waals surface area contributed by atoms with Gasteiger partial charge in [0.05, 0.1) is 6.54 Å². The molecule has 0 fully saturated rings. The molecule has 0 bridgehead atoms. The Bertz CT molecular complexity index is 878. The lowest BCUT2D eigenvalue weighted by molar-refractivity contribution is 0.0926. The lowest BCUT2D eigenvalue weighted by Crippen LogP contribution is -2.41. The predicted molar refractivity (Wildman–Crippen MR) is 90.4 cm³/mol. The Kier molecular flexibility index (Phi) is 4.12. The molecule has 25 heavy (non-hydrogen) atoms. The van der Waals surface area contributed by atoms with Gasteiger partial charge in [0.15, 0.2) is 0 Å². The van der Waals surface area contributed by atoms with E-state index in [-0.39, 0.29) is 11.9 Å². The van der Waals surface area contributed by atoms with Gasteiger partial charge in [0.1, 0.15) is 23.7 Å². The molecule has 7 heteroatoms. The molecule has 0 radical (unpaired) electrons. The molecule has 1 atom stereocenters. The molecule has 126 valence electrons. The molecule has 0 saturated carbocycles. The fourth-order valence-corrected chi connectivity index (χ4v) is 2.87. The zero-order valence-corrected chi connectivity index (χ0v) is 13.5. The molecule has 1 unspecified atom stereocenters. The third-order valence-electron chi connectivity index (χ3n) is 4.12. The van der Waals surface area contributed by atoms with Crippen molar-refractivity contribution in [2.45, 2.75) is 25.4 Å². The maximum Gasteiger partial charge on any atom is 0.251 e. The van der Waals surface area contributed by atoms with Crippen molar-refractivity contribution in [3.63, 3.8) is 0 Å². The summed E-state index contributed by atoms with van der Waals surface area (Å²) in [4.78, 5) is 20.7. The summed E-state index contributed by atoms with van der Waals surface area (Å²) in [7, 11) is 0. The summed E-state index contributed by atoms with van der Waals surface area (Å²) in [5.74, 6) is 2.14. The second kappa shape index (κ2) is 6.72. The Morgan fingerprint density at radius 3 is 2.96 bits per heavy atom. The van der Waals surface area contributed by atoms with Gasteiger partial charge in [-0.15, -0.1) is 0 Å². The Labute approximate surface area is 144 Å². The van der Waals surface area contributed by atoms with Gasteiger partial charge in [-0.1, -0.05) is 6.07 Å². The van der Waals surface area contributed by atoms with E-state index < -0.39 is 0 Å². The van der Waals surface area contributed by atoms with Crippen molar-refractivity contribution in [1.29, 1.82) is 0 Å². The molecule has 7 nitrogen and oxygen atoms in total. The maximum atomic E-state index is 12.5. The summed E-state index contributed by atoms with van der Waals surface area (Å²) in [5.41, 5.74) is 0.566. The molecule has 3 aromatic rings. The maximum absolute atomic E-state index is 12.5. The van der Waals surface area contributed by atoms with Gasteiger partial charge in [0.25, 0.3) is 5.91 Å². The standard InChI is InChI=1S/C18H17N5O2/c24-18(22-14-4-5-17-20-12-21-23(17)11-14)13-2-1-3-16(10-13)25-15-6-8-19-9-7-15/h1-3,6-10,12,14H,4-5,11H2,(H,22,24). The molecular weight excluding hydrogens is 318 g/mol. The fourth-order valence-electron chi connectivity index (χ4n) is 2.87. The van der Waals surface area contributed by atoms with Gasteiger partial charge >= 0.3 is 0 Å². The van der Waals surface area contributed by atoms with Crippen LogP contribution in [0, 0.1) is 0 Å². The molecular formula is C18H17N5O2. The summed E-state index contributed by atoms with van der Waals surface area (Å²) in [6, 6.07) is 10.7. The van der Waals surface area contributed by atoms with Crippen LogP contribution in [-0.4, -0.2) is 31.7 Å². The molecule has 3 heterocycles. The van der Waals surface area contributed by atoms with Crippen molar-refractivity contribution in [2.75, 3.05) is 0 Å². The third kappa shape index (κ3) is 3.50. The van der Waals surface area contributed by atoms with E-state index >= 15 is 0 Å². The molecule has 1 aliphatic rings. The van der Waals surface area contributed by atoms with Crippen LogP contribution in [0.15, 0.2) is 55.1 Å². The number of rotatable bonds is 4. The Morgan fingerprint density at radius 1 is 1.20 bits per heavy atom.